The molecule has 2 aliphatic rings. The topological polar surface area (TPSA) is 118 Å². The number of likely N-dealkylation sites (tertiary alicyclic amines) is 1. The highest BCUT2D eigenvalue weighted by Crippen LogP contribution is 2.36. The summed E-state index contributed by atoms with van der Waals surface area (Å²) in [7, 11) is 3.06. The molecule has 2 heterocycles. The van der Waals surface area contributed by atoms with Crippen LogP contribution in [0.15, 0.2) is 41.3 Å². The lowest BCUT2D eigenvalue weighted by Crippen LogP contribution is -2.55. The van der Waals surface area contributed by atoms with Gasteiger partial charge in [0.05, 0.1) is 13.2 Å². The number of thiazole rings is 1. The van der Waals surface area contributed by atoms with Crippen LogP contribution in [0.4, 0.5) is 4.79 Å². The minimum absolute atomic E-state index is 0.202. The van der Waals surface area contributed by atoms with Gasteiger partial charge in [-0.15, -0.1) is 11.3 Å². The molecule has 2 aromatic rings. The smallest absolute Gasteiger partial charge is 0.410 e. The van der Waals surface area contributed by atoms with Crippen LogP contribution in [0.2, 0.25) is 0 Å². The molecule has 232 valence electrons. The Balaban J connectivity index is 1.53. The third-order valence-corrected chi connectivity index (χ3v) is 8.73. The van der Waals surface area contributed by atoms with Crippen LogP contribution in [-0.2, 0) is 14.3 Å². The third-order valence-electron chi connectivity index (χ3n) is 7.78. The van der Waals surface area contributed by atoms with E-state index in [9.17, 15) is 19.2 Å². The van der Waals surface area contributed by atoms with Gasteiger partial charge in [-0.3, -0.25) is 19.3 Å². The van der Waals surface area contributed by atoms with Crippen molar-refractivity contribution in [2.45, 2.75) is 89.9 Å². The lowest BCUT2D eigenvalue weighted by Gasteiger charge is -2.33. The number of aromatic nitrogens is 1. The SMILES string of the molecule is COc1cccc(C(=O)c2csc([C@@H]3CCCN3C(=O)[C@@H](NC(=O)[C@H](C)N(C)C(=O)OC(C)(C)C)C3=CCCCC3)n2)c1. The van der Waals surface area contributed by atoms with Crippen molar-refractivity contribution >= 4 is 35.0 Å². The normalized spacial score (nSPS) is 18.3. The van der Waals surface area contributed by atoms with E-state index in [4.69, 9.17) is 9.47 Å². The second-order valence-electron chi connectivity index (χ2n) is 12.1. The molecule has 10 nitrogen and oxygen atoms in total. The van der Waals surface area contributed by atoms with Crippen molar-refractivity contribution in [1.82, 2.24) is 20.1 Å². The van der Waals surface area contributed by atoms with E-state index in [2.05, 4.69) is 10.3 Å². The van der Waals surface area contributed by atoms with Gasteiger partial charge in [0, 0.05) is 24.5 Å². The van der Waals surface area contributed by atoms with Gasteiger partial charge < -0.3 is 19.7 Å². The Hall–Kier alpha value is -3.73. The molecule has 3 amide bonds. The monoisotopic (exact) mass is 610 g/mol. The molecule has 4 rings (SSSR count). The van der Waals surface area contributed by atoms with E-state index in [-0.39, 0.29) is 17.7 Å². The van der Waals surface area contributed by atoms with Gasteiger partial charge in [0.2, 0.25) is 17.6 Å². The molecular weight excluding hydrogens is 568 g/mol. The Morgan fingerprint density at radius 3 is 2.60 bits per heavy atom. The molecule has 0 spiro atoms. The fraction of sp³-hybridized carbons (Fsp3) is 0.531. The number of carbonyl (C=O) groups is 4. The Bertz CT molecular complexity index is 1380. The summed E-state index contributed by atoms with van der Waals surface area (Å²) >= 11 is 1.36. The number of benzene rings is 1. The van der Waals surface area contributed by atoms with Crippen molar-refractivity contribution in [2.24, 2.45) is 0 Å². The maximum absolute atomic E-state index is 14.2. The number of likely N-dealkylation sites (N-methyl/N-ethyl adjacent to an activating group) is 1. The van der Waals surface area contributed by atoms with Crippen LogP contribution in [0.1, 0.15) is 93.3 Å². The highest BCUT2D eigenvalue weighted by atomic mass is 32.1. The number of hydrogen-bond donors (Lipinski definition) is 1. The van der Waals surface area contributed by atoms with Crippen molar-refractivity contribution < 1.29 is 28.7 Å². The molecule has 11 heteroatoms. The van der Waals surface area contributed by atoms with Crippen LogP contribution in [0, 0.1) is 0 Å². The van der Waals surface area contributed by atoms with E-state index in [0.29, 0.717) is 41.4 Å². The lowest BCUT2D eigenvalue weighted by atomic mass is 9.92. The molecule has 3 atom stereocenters. The molecule has 1 saturated heterocycles. The molecule has 0 bridgehead atoms. The molecule has 1 aliphatic carbocycles. The van der Waals surface area contributed by atoms with E-state index in [1.165, 1.54) is 23.3 Å². The first kappa shape index (κ1) is 32.2. The van der Waals surface area contributed by atoms with E-state index in [1.54, 1.807) is 69.4 Å². The zero-order valence-electron chi connectivity index (χ0n) is 25.8. The van der Waals surface area contributed by atoms with Crippen molar-refractivity contribution in [2.75, 3.05) is 20.7 Å². The summed E-state index contributed by atoms with van der Waals surface area (Å²) in [6.45, 7) is 7.43. The Morgan fingerprint density at radius 2 is 1.93 bits per heavy atom. The summed E-state index contributed by atoms with van der Waals surface area (Å²) in [5.41, 5.74) is 0.987. The number of allylic oxidation sites excluding steroid dienone is 1. The molecule has 1 N–H and O–H groups in total. The average Bonchev–Trinajstić information content (AvgIpc) is 3.68. The summed E-state index contributed by atoms with van der Waals surface area (Å²) in [4.78, 5) is 61.0. The van der Waals surface area contributed by atoms with Gasteiger partial charge in [0.1, 0.15) is 34.1 Å². The number of hydrogen-bond acceptors (Lipinski definition) is 8. The zero-order chi connectivity index (χ0) is 31.3. The number of nitrogens with zero attached hydrogens (tertiary/aromatic N) is 3. The summed E-state index contributed by atoms with van der Waals surface area (Å²) in [5.74, 6) is -0.259. The van der Waals surface area contributed by atoms with Gasteiger partial charge in [-0.05, 0) is 83.9 Å². The second-order valence-corrected chi connectivity index (χ2v) is 12.9. The first-order valence-electron chi connectivity index (χ1n) is 14.8. The maximum Gasteiger partial charge on any atom is 0.410 e. The first-order chi connectivity index (χ1) is 20.4. The van der Waals surface area contributed by atoms with Gasteiger partial charge in [-0.25, -0.2) is 9.78 Å². The van der Waals surface area contributed by atoms with Gasteiger partial charge >= 0.3 is 6.09 Å². The van der Waals surface area contributed by atoms with Crippen LogP contribution >= 0.6 is 11.3 Å². The van der Waals surface area contributed by atoms with Crippen molar-refractivity contribution in [3.05, 3.63) is 57.6 Å². The third kappa shape index (κ3) is 7.81. The molecule has 43 heavy (non-hydrogen) atoms. The molecule has 1 aromatic carbocycles. The van der Waals surface area contributed by atoms with Gasteiger partial charge in [0.25, 0.3) is 0 Å². The molecule has 1 aliphatic heterocycles. The average molecular weight is 611 g/mol. The molecule has 1 aromatic heterocycles. The number of methoxy groups -OCH3 is 1. The van der Waals surface area contributed by atoms with Crippen molar-refractivity contribution in [1.29, 1.82) is 0 Å². The highest BCUT2D eigenvalue weighted by Gasteiger charge is 2.39. The Morgan fingerprint density at radius 1 is 1.16 bits per heavy atom. The van der Waals surface area contributed by atoms with Crippen LogP contribution in [-0.4, -0.2) is 76.9 Å². The Labute approximate surface area is 257 Å². The zero-order valence-corrected chi connectivity index (χ0v) is 26.7. The maximum atomic E-state index is 14.2. The summed E-state index contributed by atoms with van der Waals surface area (Å²) < 4.78 is 10.7. The second kappa shape index (κ2) is 13.7. The molecule has 1 fully saturated rings. The quantitative estimate of drug-likeness (QED) is 0.303. The van der Waals surface area contributed by atoms with Gasteiger partial charge in [-0.2, -0.15) is 0 Å². The van der Waals surface area contributed by atoms with E-state index >= 15 is 0 Å². The fourth-order valence-electron chi connectivity index (χ4n) is 5.28. The number of ether oxygens (including phenoxy) is 2. The van der Waals surface area contributed by atoms with E-state index < -0.39 is 29.7 Å². The number of amides is 3. The van der Waals surface area contributed by atoms with Crippen LogP contribution in [0.25, 0.3) is 0 Å². The standard InChI is InChI=1S/C32H42N4O6S/c1-20(35(5)31(40)42-32(2,3)4)28(38)34-26(21-12-8-7-9-13-21)30(39)36-17-11-16-25(36)29-33-24(19-43-29)27(37)22-14-10-15-23(18-22)41-6/h10,12,14-15,18-20,25-26H,7-9,11,13,16-17H2,1-6H3,(H,34,38)/t20-,25-,26-/m0/s1. The highest BCUT2D eigenvalue weighted by molar-refractivity contribution is 7.10. The van der Waals surface area contributed by atoms with Crippen molar-refractivity contribution in [3.63, 3.8) is 0 Å². The van der Waals surface area contributed by atoms with E-state index in [0.717, 1.165) is 31.3 Å². The first-order valence-corrected chi connectivity index (χ1v) is 15.7. The minimum Gasteiger partial charge on any atom is -0.497 e. The molecule has 0 saturated carbocycles. The minimum atomic E-state index is -0.854. The number of ketones is 1. The number of nitrogens with one attached hydrogen (secondary N) is 1. The number of rotatable bonds is 9. The van der Waals surface area contributed by atoms with Crippen LogP contribution < -0.4 is 10.1 Å². The van der Waals surface area contributed by atoms with Crippen LogP contribution in [0.3, 0.4) is 0 Å². The van der Waals surface area contributed by atoms with Gasteiger partial charge in [-0.1, -0.05) is 18.2 Å². The van der Waals surface area contributed by atoms with E-state index in [1.807, 2.05) is 6.08 Å². The lowest BCUT2D eigenvalue weighted by molar-refractivity contribution is -0.137. The summed E-state index contributed by atoms with van der Waals surface area (Å²) in [6, 6.07) is 4.94. The predicted molar refractivity (Wildman–Crippen MR) is 164 cm³/mol. The molecule has 0 unspecified atom stereocenters. The fourth-order valence-corrected chi connectivity index (χ4v) is 6.22. The predicted octanol–water partition coefficient (Wildman–Crippen LogP) is 5.29. The molecular formula is C32H42N4O6S. The largest absolute Gasteiger partial charge is 0.497 e. The van der Waals surface area contributed by atoms with Gasteiger partial charge in [0.15, 0.2) is 0 Å². The number of carbonyl (C=O) groups excluding carboxylic acids is 4. The van der Waals surface area contributed by atoms with Crippen LogP contribution in [0.5, 0.6) is 5.75 Å². The molecule has 0 radical (unpaired) electrons. The van der Waals surface area contributed by atoms with Crippen molar-refractivity contribution in [3.8, 4) is 5.75 Å². The Kier molecular flexibility index (Phi) is 10.3. The summed E-state index contributed by atoms with van der Waals surface area (Å²) in [5, 5.41) is 5.38. The summed E-state index contributed by atoms with van der Waals surface area (Å²) in [6.07, 6.45) is 6.45.